The van der Waals surface area contributed by atoms with E-state index in [2.05, 4.69) is 30.5 Å². The van der Waals surface area contributed by atoms with Crippen LogP contribution in [0.4, 0.5) is 5.95 Å². The molecule has 3 N–H and O–H groups in total. The van der Waals surface area contributed by atoms with Crippen LogP contribution >= 0.6 is 0 Å². The van der Waals surface area contributed by atoms with Crippen molar-refractivity contribution in [3.8, 4) is 0 Å². The largest absolute Gasteiger partial charge is 0.334 e. The van der Waals surface area contributed by atoms with Crippen LogP contribution in [0.1, 0.15) is 23.5 Å². The van der Waals surface area contributed by atoms with Gasteiger partial charge in [0.05, 0.1) is 17.1 Å². The maximum atomic E-state index is 13.0. The minimum atomic E-state index is -0.202. The number of nitrogens with one attached hydrogen (secondary N) is 3. The molecule has 1 aromatic carbocycles. The highest BCUT2D eigenvalue weighted by Gasteiger charge is 2.31. The number of rotatable bonds is 3. The number of H-pyrrole nitrogens is 2. The standard InChI is InChI=1S/C15H17N7O/c23-14(13-19-11-5-1-2-6-12(11)20-13)22(15-17-9-18-21-15)10-4-3-7-16-8-10/h1-2,5-6,9-10,16H,3-4,7-8H2,(H,19,20)(H,17,18,21). The minimum Gasteiger partial charge on any atom is -0.334 e. The Hall–Kier alpha value is -2.74. The van der Waals surface area contributed by atoms with Gasteiger partial charge in [0.1, 0.15) is 6.33 Å². The van der Waals surface area contributed by atoms with E-state index in [0.29, 0.717) is 11.8 Å². The van der Waals surface area contributed by atoms with Crippen molar-refractivity contribution in [2.45, 2.75) is 18.9 Å². The molecule has 0 saturated carbocycles. The summed E-state index contributed by atoms with van der Waals surface area (Å²) in [7, 11) is 0. The second-order valence-corrected chi connectivity index (χ2v) is 5.59. The molecule has 1 amide bonds. The number of nitrogens with zero attached hydrogens (tertiary/aromatic N) is 4. The molecule has 0 spiro atoms. The highest BCUT2D eigenvalue weighted by atomic mass is 16.2. The molecular weight excluding hydrogens is 294 g/mol. The molecular formula is C15H17N7O. The smallest absolute Gasteiger partial charge is 0.296 e. The fourth-order valence-electron chi connectivity index (χ4n) is 2.97. The second kappa shape index (κ2) is 5.81. The summed E-state index contributed by atoms with van der Waals surface area (Å²) in [5.41, 5.74) is 1.62. The second-order valence-electron chi connectivity index (χ2n) is 5.59. The van der Waals surface area contributed by atoms with E-state index in [9.17, 15) is 4.79 Å². The van der Waals surface area contributed by atoms with Crippen molar-refractivity contribution in [3.05, 3.63) is 36.4 Å². The van der Waals surface area contributed by atoms with Crippen molar-refractivity contribution in [1.29, 1.82) is 0 Å². The summed E-state index contributed by atoms with van der Waals surface area (Å²) in [6, 6.07) is 7.62. The Labute approximate surface area is 132 Å². The van der Waals surface area contributed by atoms with Crippen LogP contribution in [0.2, 0.25) is 0 Å². The van der Waals surface area contributed by atoms with Crippen molar-refractivity contribution in [3.63, 3.8) is 0 Å². The van der Waals surface area contributed by atoms with Gasteiger partial charge in [-0.2, -0.15) is 10.1 Å². The van der Waals surface area contributed by atoms with Crippen LogP contribution in [0.5, 0.6) is 0 Å². The molecule has 1 aliphatic rings. The van der Waals surface area contributed by atoms with Gasteiger partial charge in [0, 0.05) is 6.54 Å². The van der Waals surface area contributed by atoms with E-state index in [4.69, 9.17) is 0 Å². The van der Waals surface area contributed by atoms with Crippen molar-refractivity contribution in [2.24, 2.45) is 0 Å². The monoisotopic (exact) mass is 311 g/mol. The molecule has 4 rings (SSSR count). The number of hydrogen-bond acceptors (Lipinski definition) is 5. The zero-order chi connectivity index (χ0) is 15.6. The summed E-state index contributed by atoms with van der Waals surface area (Å²) in [4.78, 5) is 26.3. The number of para-hydroxylation sites is 2. The topological polar surface area (TPSA) is 103 Å². The predicted octanol–water partition coefficient (Wildman–Crippen LogP) is 1.08. The van der Waals surface area contributed by atoms with E-state index >= 15 is 0 Å². The van der Waals surface area contributed by atoms with Crippen LogP contribution < -0.4 is 10.2 Å². The van der Waals surface area contributed by atoms with Gasteiger partial charge in [-0.3, -0.25) is 9.69 Å². The van der Waals surface area contributed by atoms with Gasteiger partial charge >= 0.3 is 0 Å². The Morgan fingerprint density at radius 3 is 2.96 bits per heavy atom. The van der Waals surface area contributed by atoms with E-state index in [0.717, 1.165) is 37.0 Å². The number of aromatic nitrogens is 5. The van der Waals surface area contributed by atoms with E-state index in [-0.39, 0.29) is 11.9 Å². The lowest BCUT2D eigenvalue weighted by Gasteiger charge is -2.32. The van der Waals surface area contributed by atoms with E-state index < -0.39 is 0 Å². The molecule has 3 heterocycles. The van der Waals surface area contributed by atoms with Gasteiger partial charge in [0.25, 0.3) is 5.91 Å². The number of fused-ring (bicyclic) bond motifs is 1. The van der Waals surface area contributed by atoms with Crippen LogP contribution in [0, 0.1) is 0 Å². The quantitative estimate of drug-likeness (QED) is 0.671. The van der Waals surface area contributed by atoms with Gasteiger partial charge in [-0.25, -0.2) is 10.1 Å². The lowest BCUT2D eigenvalue weighted by Crippen LogP contribution is -2.49. The lowest BCUT2D eigenvalue weighted by atomic mass is 10.1. The van der Waals surface area contributed by atoms with Crippen LogP contribution in [-0.2, 0) is 0 Å². The summed E-state index contributed by atoms with van der Waals surface area (Å²) in [6.07, 6.45) is 3.34. The summed E-state index contributed by atoms with van der Waals surface area (Å²) in [5, 5.41) is 9.99. The molecule has 1 atom stereocenters. The third kappa shape index (κ3) is 2.57. The summed E-state index contributed by atoms with van der Waals surface area (Å²) >= 11 is 0. The maximum Gasteiger partial charge on any atom is 0.296 e. The molecule has 0 aliphatic carbocycles. The molecule has 1 aliphatic heterocycles. The number of amides is 1. The molecule has 118 valence electrons. The van der Waals surface area contributed by atoms with Crippen LogP contribution in [0.3, 0.4) is 0 Å². The molecule has 1 unspecified atom stereocenters. The summed E-state index contributed by atoms with van der Waals surface area (Å²) in [5.74, 6) is 0.559. The summed E-state index contributed by atoms with van der Waals surface area (Å²) in [6.45, 7) is 1.70. The van der Waals surface area contributed by atoms with Gasteiger partial charge < -0.3 is 10.3 Å². The molecule has 8 nitrogen and oxygen atoms in total. The number of anilines is 1. The fourth-order valence-corrected chi connectivity index (χ4v) is 2.97. The first-order valence-electron chi connectivity index (χ1n) is 7.67. The number of carbonyl (C=O) groups is 1. The molecule has 0 bridgehead atoms. The normalized spacial score (nSPS) is 18.2. The zero-order valence-electron chi connectivity index (χ0n) is 12.5. The Morgan fingerprint density at radius 1 is 1.30 bits per heavy atom. The number of aromatic amines is 2. The third-order valence-corrected chi connectivity index (χ3v) is 4.08. The Bertz CT molecular complexity index is 771. The highest BCUT2D eigenvalue weighted by molar-refractivity contribution is 6.04. The minimum absolute atomic E-state index is 0.0254. The highest BCUT2D eigenvalue weighted by Crippen LogP contribution is 2.20. The molecule has 1 fully saturated rings. The van der Waals surface area contributed by atoms with Gasteiger partial charge in [-0.05, 0) is 31.5 Å². The van der Waals surface area contributed by atoms with E-state index in [1.165, 1.54) is 6.33 Å². The predicted molar refractivity (Wildman–Crippen MR) is 85.2 cm³/mol. The van der Waals surface area contributed by atoms with Crippen LogP contribution in [-0.4, -0.2) is 50.2 Å². The molecule has 2 aromatic heterocycles. The fraction of sp³-hybridized carbons (Fsp3) is 0.333. The van der Waals surface area contributed by atoms with Crippen molar-refractivity contribution >= 4 is 22.9 Å². The van der Waals surface area contributed by atoms with E-state index in [1.807, 2.05) is 24.3 Å². The van der Waals surface area contributed by atoms with Gasteiger partial charge in [-0.15, -0.1) is 0 Å². The molecule has 8 heteroatoms. The van der Waals surface area contributed by atoms with Gasteiger partial charge in [0.2, 0.25) is 5.95 Å². The number of benzene rings is 1. The first-order chi connectivity index (χ1) is 11.3. The van der Waals surface area contributed by atoms with Gasteiger partial charge in [-0.1, -0.05) is 12.1 Å². The molecule has 0 radical (unpaired) electrons. The van der Waals surface area contributed by atoms with Crippen molar-refractivity contribution in [1.82, 2.24) is 30.5 Å². The number of carbonyl (C=O) groups excluding carboxylic acids is 1. The lowest BCUT2D eigenvalue weighted by molar-refractivity contribution is 0.0961. The third-order valence-electron chi connectivity index (χ3n) is 4.08. The zero-order valence-corrected chi connectivity index (χ0v) is 12.5. The average Bonchev–Trinajstić information content (AvgIpc) is 3.25. The first kappa shape index (κ1) is 13.9. The maximum absolute atomic E-state index is 13.0. The Balaban J connectivity index is 1.71. The van der Waals surface area contributed by atoms with E-state index in [1.54, 1.807) is 4.90 Å². The first-order valence-corrected chi connectivity index (χ1v) is 7.67. The Morgan fingerprint density at radius 2 is 2.22 bits per heavy atom. The number of imidazole rings is 1. The average molecular weight is 311 g/mol. The number of hydrogen-bond donors (Lipinski definition) is 3. The van der Waals surface area contributed by atoms with Crippen molar-refractivity contribution < 1.29 is 4.79 Å². The Kier molecular flexibility index (Phi) is 3.51. The summed E-state index contributed by atoms with van der Waals surface area (Å²) < 4.78 is 0. The molecule has 1 saturated heterocycles. The SMILES string of the molecule is O=C(c1nc2ccccc2[nH]1)N(c1ncn[nH]1)C1CCCNC1. The van der Waals surface area contributed by atoms with Crippen LogP contribution in [0.25, 0.3) is 11.0 Å². The molecule has 3 aromatic rings. The van der Waals surface area contributed by atoms with Gasteiger partial charge in [0.15, 0.2) is 5.82 Å². The van der Waals surface area contributed by atoms with Crippen LogP contribution in [0.15, 0.2) is 30.6 Å². The van der Waals surface area contributed by atoms with Crippen molar-refractivity contribution in [2.75, 3.05) is 18.0 Å². The molecule has 23 heavy (non-hydrogen) atoms. The number of piperidine rings is 1.